The molecular weight excluding hydrogens is 224 g/mol. The van der Waals surface area contributed by atoms with Crippen LogP contribution in [0, 0.1) is 0 Å². The molecule has 0 atom stereocenters. The molecule has 0 amide bonds. The third-order valence-electron chi connectivity index (χ3n) is 0.556. The highest BCUT2D eigenvalue weighted by Gasteiger charge is 1.88. The van der Waals surface area contributed by atoms with E-state index < -0.39 is 0 Å². The Balaban J connectivity index is 3.12. The lowest BCUT2D eigenvalue weighted by Gasteiger charge is -1.81. The van der Waals surface area contributed by atoms with Gasteiger partial charge in [0.05, 0.1) is 22.3 Å². The Kier molecular flexibility index (Phi) is 1.49. The van der Waals surface area contributed by atoms with E-state index in [-0.39, 0.29) is 0 Å². The Morgan fingerprint density at radius 3 is 2.57 bits per heavy atom. The van der Waals surface area contributed by atoms with Crippen molar-refractivity contribution in [2.24, 2.45) is 0 Å². The normalized spacial score (nSPS) is 9.43. The van der Waals surface area contributed by atoms with Crippen LogP contribution in [-0.4, -0.2) is 8.81 Å². The second kappa shape index (κ2) is 1.96. The van der Waals surface area contributed by atoms with Gasteiger partial charge in [0, 0.05) is 0 Å². The fraction of sp³-hybridized carbons (Fsp3) is 0. The van der Waals surface area contributed by atoms with Crippen LogP contribution in [0.1, 0.15) is 0 Å². The Hall–Kier alpha value is 0.170. The van der Waals surface area contributed by atoms with Gasteiger partial charge in [0.15, 0.2) is 0 Å². The van der Waals surface area contributed by atoms with Crippen molar-refractivity contribution in [3.8, 4) is 0 Å². The van der Waals surface area contributed by atoms with Gasteiger partial charge in [0.2, 0.25) is 0 Å². The van der Waals surface area contributed by atoms with Gasteiger partial charge in [-0.25, -0.2) is 0 Å². The van der Waals surface area contributed by atoms with Gasteiger partial charge in [0.25, 0.3) is 0 Å². The highest BCUT2D eigenvalue weighted by molar-refractivity contribution is 9.11. The topological polar surface area (TPSA) is 17.8 Å². The summed E-state index contributed by atoms with van der Waals surface area (Å²) in [5.74, 6) is 0. The van der Waals surface area contributed by atoms with Crippen molar-refractivity contribution >= 4 is 32.1 Å². The standard InChI is InChI=1S/C3H2Br2N2/c4-3-1-2-6-7(3)5/h1-2H. The van der Waals surface area contributed by atoms with E-state index in [2.05, 4.69) is 37.2 Å². The molecule has 1 rings (SSSR count). The summed E-state index contributed by atoms with van der Waals surface area (Å²) in [7, 11) is 0. The molecule has 4 heteroatoms. The van der Waals surface area contributed by atoms with Gasteiger partial charge in [-0.1, -0.05) is 0 Å². The van der Waals surface area contributed by atoms with Gasteiger partial charge in [-0.2, -0.15) is 8.81 Å². The number of halogens is 2. The average Bonchev–Trinajstić information content (AvgIpc) is 1.91. The minimum Gasteiger partial charge on any atom is -0.191 e. The molecule has 0 spiro atoms. The minimum atomic E-state index is 0.924. The maximum Gasteiger partial charge on any atom is 0.117 e. The zero-order valence-corrected chi connectivity index (χ0v) is 6.48. The summed E-state index contributed by atoms with van der Waals surface area (Å²) >= 11 is 6.34. The lowest BCUT2D eigenvalue weighted by atomic mass is 10.8. The first kappa shape index (κ1) is 5.31. The monoisotopic (exact) mass is 224 g/mol. The van der Waals surface area contributed by atoms with Crippen molar-refractivity contribution in [2.45, 2.75) is 0 Å². The van der Waals surface area contributed by atoms with Crippen molar-refractivity contribution in [1.82, 2.24) is 8.81 Å². The molecule has 1 aromatic rings. The van der Waals surface area contributed by atoms with Crippen LogP contribution in [0.5, 0.6) is 0 Å². The molecule has 0 unspecified atom stereocenters. The van der Waals surface area contributed by atoms with Crippen molar-refractivity contribution < 1.29 is 0 Å². The maximum atomic E-state index is 3.80. The van der Waals surface area contributed by atoms with E-state index in [1.807, 2.05) is 6.07 Å². The van der Waals surface area contributed by atoms with Crippen LogP contribution in [0.2, 0.25) is 0 Å². The molecule has 7 heavy (non-hydrogen) atoms. The van der Waals surface area contributed by atoms with Gasteiger partial charge in [0.1, 0.15) is 4.60 Å². The predicted octanol–water partition coefficient (Wildman–Crippen LogP) is 1.80. The van der Waals surface area contributed by atoms with Crippen LogP contribution in [0.25, 0.3) is 0 Å². The fourth-order valence-electron chi connectivity index (χ4n) is 0.270. The van der Waals surface area contributed by atoms with Gasteiger partial charge in [-0.3, -0.25) is 0 Å². The van der Waals surface area contributed by atoms with Crippen LogP contribution >= 0.6 is 32.1 Å². The van der Waals surface area contributed by atoms with Gasteiger partial charge < -0.3 is 0 Å². The zero-order valence-electron chi connectivity index (χ0n) is 3.31. The van der Waals surface area contributed by atoms with E-state index in [0.717, 1.165) is 4.60 Å². The van der Waals surface area contributed by atoms with Crippen LogP contribution in [-0.2, 0) is 0 Å². The quantitative estimate of drug-likeness (QED) is 0.659. The lowest BCUT2D eigenvalue weighted by Crippen LogP contribution is -1.76. The van der Waals surface area contributed by atoms with E-state index in [9.17, 15) is 0 Å². The lowest BCUT2D eigenvalue weighted by molar-refractivity contribution is 1.01. The molecule has 0 aliphatic carbocycles. The number of hydrogen-bond acceptors (Lipinski definition) is 1. The van der Waals surface area contributed by atoms with Crippen molar-refractivity contribution in [2.75, 3.05) is 0 Å². The van der Waals surface area contributed by atoms with Gasteiger partial charge in [-0.05, 0) is 22.0 Å². The summed E-state index contributed by atoms with van der Waals surface area (Å²) in [4.78, 5) is 0. The first-order valence-corrected chi connectivity index (χ1v) is 3.16. The smallest absolute Gasteiger partial charge is 0.117 e. The van der Waals surface area contributed by atoms with Gasteiger partial charge >= 0.3 is 0 Å². The fourth-order valence-corrected chi connectivity index (χ4v) is 0.704. The molecule has 2 nitrogen and oxygen atoms in total. The third-order valence-corrected chi connectivity index (χ3v) is 2.20. The SMILES string of the molecule is Brc1ccnn1Br. The second-order valence-corrected chi connectivity index (χ2v) is 2.50. The Bertz CT molecular complexity index is 143. The molecule has 0 saturated heterocycles. The molecule has 0 N–H and O–H groups in total. The molecule has 0 aliphatic rings. The summed E-state index contributed by atoms with van der Waals surface area (Å²) < 4.78 is 2.49. The van der Waals surface area contributed by atoms with Crippen LogP contribution < -0.4 is 0 Å². The molecule has 1 aromatic heterocycles. The largest absolute Gasteiger partial charge is 0.191 e. The zero-order chi connectivity index (χ0) is 5.28. The maximum absolute atomic E-state index is 3.80. The first-order chi connectivity index (χ1) is 3.30. The van der Waals surface area contributed by atoms with E-state index in [1.54, 1.807) is 9.90 Å². The molecule has 0 radical (unpaired) electrons. The van der Waals surface area contributed by atoms with Crippen molar-refractivity contribution in [1.29, 1.82) is 0 Å². The van der Waals surface area contributed by atoms with E-state index in [1.165, 1.54) is 0 Å². The molecule has 38 valence electrons. The molecule has 0 saturated carbocycles. The Morgan fingerprint density at radius 1 is 1.71 bits per heavy atom. The number of aromatic nitrogens is 2. The van der Waals surface area contributed by atoms with Crippen LogP contribution in [0.15, 0.2) is 16.9 Å². The van der Waals surface area contributed by atoms with Crippen molar-refractivity contribution in [3.63, 3.8) is 0 Å². The minimum absolute atomic E-state index is 0.924. The van der Waals surface area contributed by atoms with Gasteiger partial charge in [-0.15, -0.1) is 0 Å². The van der Waals surface area contributed by atoms with Crippen LogP contribution in [0.3, 0.4) is 0 Å². The van der Waals surface area contributed by atoms with E-state index >= 15 is 0 Å². The predicted molar refractivity (Wildman–Crippen MR) is 34.3 cm³/mol. The molecule has 0 aliphatic heterocycles. The third kappa shape index (κ3) is 1.04. The summed E-state index contributed by atoms with van der Waals surface area (Å²) in [5.41, 5.74) is 0. The molecule has 0 fully saturated rings. The second-order valence-electron chi connectivity index (χ2n) is 1.01. The molecule has 0 bridgehead atoms. The first-order valence-electron chi connectivity index (χ1n) is 1.66. The summed E-state index contributed by atoms with van der Waals surface area (Å²) in [6.07, 6.45) is 1.69. The van der Waals surface area contributed by atoms with E-state index in [4.69, 9.17) is 0 Å². The summed E-state index contributed by atoms with van der Waals surface area (Å²) in [6.45, 7) is 0. The highest BCUT2D eigenvalue weighted by Crippen LogP contribution is 2.08. The summed E-state index contributed by atoms with van der Waals surface area (Å²) in [6, 6.07) is 1.84. The highest BCUT2D eigenvalue weighted by atomic mass is 79.9. The molecule has 0 aromatic carbocycles. The number of nitrogens with zero attached hydrogens (tertiary/aromatic N) is 2. The number of hydrogen-bond donors (Lipinski definition) is 0. The summed E-state index contributed by atoms with van der Waals surface area (Å²) in [5, 5.41) is 3.80. The molecular formula is C3H2Br2N2. The average molecular weight is 226 g/mol. The van der Waals surface area contributed by atoms with Crippen LogP contribution in [0.4, 0.5) is 0 Å². The molecule has 1 heterocycles. The number of rotatable bonds is 0. The van der Waals surface area contributed by atoms with Crippen molar-refractivity contribution in [3.05, 3.63) is 16.9 Å². The Morgan fingerprint density at radius 2 is 2.43 bits per heavy atom. The van der Waals surface area contributed by atoms with E-state index in [0.29, 0.717) is 0 Å². The Labute approximate surface area is 58.0 Å².